The molecule has 0 saturated heterocycles. The Morgan fingerprint density at radius 1 is 1.35 bits per heavy atom. The van der Waals surface area contributed by atoms with Crippen molar-refractivity contribution in [2.75, 3.05) is 7.11 Å². The molecule has 0 spiro atoms. The number of halogens is 2. The predicted octanol–water partition coefficient (Wildman–Crippen LogP) is 3.78. The second-order valence-corrected chi connectivity index (χ2v) is 5.70. The molecule has 0 aromatic heterocycles. The van der Waals surface area contributed by atoms with Gasteiger partial charge in [-0.1, -0.05) is 29.8 Å². The Hall–Kier alpha value is -0.550. The van der Waals surface area contributed by atoms with E-state index in [1.54, 1.807) is 25.3 Å². The van der Waals surface area contributed by atoms with Gasteiger partial charge in [0.25, 0.3) is 0 Å². The van der Waals surface area contributed by atoms with E-state index < -0.39 is 0 Å². The average Bonchev–Trinajstić information content (AvgIpc) is 2.28. The summed E-state index contributed by atoms with van der Waals surface area (Å²) in [5.74, 6) is 1.08. The molecule has 17 heavy (non-hydrogen) atoms. The van der Waals surface area contributed by atoms with Crippen LogP contribution >= 0.6 is 31.9 Å². The van der Waals surface area contributed by atoms with Crippen LogP contribution in [-0.2, 0) is 4.79 Å². The lowest BCUT2D eigenvalue weighted by Gasteiger charge is -2.13. The van der Waals surface area contributed by atoms with Gasteiger partial charge in [-0.15, -0.1) is 0 Å². The van der Waals surface area contributed by atoms with E-state index in [4.69, 9.17) is 9.47 Å². The summed E-state index contributed by atoms with van der Waals surface area (Å²) in [6.07, 6.45) is 0. The number of carbonyl (C=O) groups excluding carboxylic acids is 1. The van der Waals surface area contributed by atoms with Gasteiger partial charge in [0, 0.05) is 0 Å². The summed E-state index contributed by atoms with van der Waals surface area (Å²) >= 11 is 6.64. The van der Waals surface area contributed by atoms with E-state index in [0.717, 1.165) is 4.47 Å². The molecule has 0 radical (unpaired) electrons. The maximum absolute atomic E-state index is 11.7. The highest BCUT2D eigenvalue weighted by Gasteiger charge is 2.21. The van der Waals surface area contributed by atoms with Crippen LogP contribution < -0.4 is 9.47 Å². The molecule has 0 aliphatic rings. The normalized spacial score (nSPS) is 12.4. The fourth-order valence-electron chi connectivity index (χ4n) is 1.16. The molecule has 0 fully saturated rings. The smallest absolute Gasteiger partial charge is 0.325 e. The van der Waals surface area contributed by atoms with E-state index in [2.05, 4.69) is 31.9 Å². The average molecular weight is 366 g/mol. The number of ether oxygens (including phenoxy) is 2. The minimum Gasteiger partial charge on any atom is -0.496 e. The largest absolute Gasteiger partial charge is 0.496 e. The van der Waals surface area contributed by atoms with Gasteiger partial charge in [-0.2, -0.15) is 0 Å². The highest BCUT2D eigenvalue weighted by Crippen LogP contribution is 2.29. The molecule has 0 bridgehead atoms. The summed E-state index contributed by atoms with van der Waals surface area (Å²) in [6.45, 7) is 3.90. The number of rotatable bonds is 4. The number of hydrogen-bond acceptors (Lipinski definition) is 3. The minimum absolute atomic E-state index is 0.184. The maximum Gasteiger partial charge on any atom is 0.325 e. The number of alkyl halides is 1. The topological polar surface area (TPSA) is 35.5 Å². The van der Waals surface area contributed by atoms with Gasteiger partial charge in [-0.25, -0.2) is 0 Å². The predicted molar refractivity (Wildman–Crippen MR) is 73.9 cm³/mol. The summed E-state index contributed by atoms with van der Waals surface area (Å²) in [5.41, 5.74) is 0. The van der Waals surface area contributed by atoms with Crippen molar-refractivity contribution >= 4 is 37.8 Å². The van der Waals surface area contributed by atoms with Crippen molar-refractivity contribution in [2.45, 2.75) is 18.7 Å². The van der Waals surface area contributed by atoms with Crippen LogP contribution in [0.25, 0.3) is 0 Å². The second kappa shape index (κ2) is 6.40. The standard InChI is InChI=1S/C12H14Br2O3/c1-7(2)11(14)12(15)17-8-4-5-10(16-3)9(13)6-8/h4-7,11H,1-3H3/t11-/m0/s1. The third-order valence-electron chi connectivity index (χ3n) is 2.15. The molecule has 0 amide bonds. The summed E-state index contributed by atoms with van der Waals surface area (Å²) in [5, 5.41) is 0. The van der Waals surface area contributed by atoms with E-state index in [1.807, 2.05) is 13.8 Å². The molecule has 1 atom stereocenters. The number of methoxy groups -OCH3 is 1. The Kier molecular flexibility index (Phi) is 5.46. The van der Waals surface area contributed by atoms with Crippen LogP contribution in [0.3, 0.4) is 0 Å². The van der Waals surface area contributed by atoms with Crippen LogP contribution in [0.5, 0.6) is 11.5 Å². The highest BCUT2D eigenvalue weighted by atomic mass is 79.9. The summed E-state index contributed by atoms with van der Waals surface area (Å²) < 4.78 is 11.1. The molecule has 94 valence electrons. The van der Waals surface area contributed by atoms with Gasteiger partial charge in [0.15, 0.2) is 0 Å². The fourth-order valence-corrected chi connectivity index (χ4v) is 1.77. The van der Waals surface area contributed by atoms with Crippen LogP contribution in [-0.4, -0.2) is 17.9 Å². The molecule has 3 nitrogen and oxygen atoms in total. The van der Waals surface area contributed by atoms with Gasteiger partial charge in [-0.3, -0.25) is 4.79 Å². The second-order valence-electron chi connectivity index (χ2n) is 3.86. The molecule has 1 rings (SSSR count). The zero-order valence-corrected chi connectivity index (χ0v) is 13.0. The molecule has 1 aromatic rings. The van der Waals surface area contributed by atoms with E-state index >= 15 is 0 Å². The third kappa shape index (κ3) is 4.00. The molecule has 0 N–H and O–H groups in total. The molecule has 5 heteroatoms. The zero-order chi connectivity index (χ0) is 13.0. The number of hydrogen-bond donors (Lipinski definition) is 0. The first-order valence-electron chi connectivity index (χ1n) is 5.15. The monoisotopic (exact) mass is 364 g/mol. The zero-order valence-electron chi connectivity index (χ0n) is 9.87. The van der Waals surface area contributed by atoms with Crippen LogP contribution in [0, 0.1) is 5.92 Å². The summed E-state index contributed by atoms with van der Waals surface area (Å²) in [7, 11) is 1.58. The van der Waals surface area contributed by atoms with Crippen molar-refractivity contribution in [3.05, 3.63) is 22.7 Å². The van der Waals surface area contributed by atoms with E-state index in [1.165, 1.54) is 0 Å². The number of benzene rings is 1. The number of esters is 1. The molecule has 0 unspecified atom stereocenters. The van der Waals surface area contributed by atoms with E-state index in [9.17, 15) is 4.79 Å². The SMILES string of the molecule is COc1ccc(OC(=O)[C@@H](Br)C(C)C)cc1Br. The molecular weight excluding hydrogens is 352 g/mol. The van der Waals surface area contributed by atoms with Crippen LogP contribution in [0.4, 0.5) is 0 Å². The van der Waals surface area contributed by atoms with Gasteiger partial charge >= 0.3 is 5.97 Å². The Bertz CT molecular complexity index is 405. The summed E-state index contributed by atoms with van der Waals surface area (Å²) in [4.78, 5) is 11.4. The Morgan fingerprint density at radius 3 is 2.47 bits per heavy atom. The van der Waals surface area contributed by atoms with Gasteiger partial charge < -0.3 is 9.47 Å². The van der Waals surface area contributed by atoms with Gasteiger partial charge in [0.05, 0.1) is 11.6 Å². The minimum atomic E-state index is -0.302. The van der Waals surface area contributed by atoms with Gasteiger partial charge in [0.2, 0.25) is 0 Å². The molecule has 0 aliphatic carbocycles. The Morgan fingerprint density at radius 2 is 2.00 bits per heavy atom. The van der Waals surface area contributed by atoms with Crippen molar-refractivity contribution in [3.8, 4) is 11.5 Å². The lowest BCUT2D eigenvalue weighted by Crippen LogP contribution is -2.25. The molecule has 1 aromatic carbocycles. The van der Waals surface area contributed by atoms with Crippen LogP contribution in [0.2, 0.25) is 0 Å². The van der Waals surface area contributed by atoms with Crippen LogP contribution in [0.15, 0.2) is 22.7 Å². The van der Waals surface area contributed by atoms with Crippen molar-refractivity contribution < 1.29 is 14.3 Å². The van der Waals surface area contributed by atoms with Crippen molar-refractivity contribution in [1.29, 1.82) is 0 Å². The lowest BCUT2D eigenvalue weighted by molar-refractivity contribution is -0.134. The third-order valence-corrected chi connectivity index (χ3v) is 4.20. The van der Waals surface area contributed by atoms with Gasteiger partial charge in [0.1, 0.15) is 16.3 Å². The molecule has 0 saturated carbocycles. The first-order chi connectivity index (χ1) is 7.95. The van der Waals surface area contributed by atoms with Crippen molar-refractivity contribution in [1.82, 2.24) is 0 Å². The quantitative estimate of drug-likeness (QED) is 0.462. The number of carbonyl (C=O) groups is 1. The fraction of sp³-hybridized carbons (Fsp3) is 0.417. The van der Waals surface area contributed by atoms with E-state index in [0.29, 0.717) is 11.5 Å². The lowest BCUT2D eigenvalue weighted by atomic mass is 10.1. The first-order valence-corrected chi connectivity index (χ1v) is 6.86. The molecule has 0 heterocycles. The molecular formula is C12H14Br2O3. The summed E-state index contributed by atoms with van der Waals surface area (Å²) in [6, 6.07) is 5.14. The van der Waals surface area contributed by atoms with E-state index in [-0.39, 0.29) is 16.7 Å². The molecule has 0 aliphatic heterocycles. The van der Waals surface area contributed by atoms with Crippen molar-refractivity contribution in [2.24, 2.45) is 5.92 Å². The van der Waals surface area contributed by atoms with Crippen LogP contribution in [0.1, 0.15) is 13.8 Å². The van der Waals surface area contributed by atoms with Crippen molar-refractivity contribution in [3.63, 3.8) is 0 Å². The highest BCUT2D eigenvalue weighted by molar-refractivity contribution is 9.10. The van der Waals surface area contributed by atoms with Gasteiger partial charge in [-0.05, 0) is 40.0 Å². The Labute approximate surface area is 118 Å². The first kappa shape index (κ1) is 14.5. The Balaban J connectivity index is 2.76. The maximum atomic E-state index is 11.7.